The largest absolute Gasteiger partial charge is 0.397 e. The minimum Gasteiger partial charge on any atom is -0.342 e. The number of alkyl halides is 4. The lowest BCUT2D eigenvalue weighted by atomic mass is 9.95. The second-order valence-corrected chi connectivity index (χ2v) is 4.50. The quantitative estimate of drug-likeness (QED) is 0.712. The van der Waals surface area contributed by atoms with Crippen LogP contribution >= 0.6 is 11.6 Å². The van der Waals surface area contributed by atoms with Crippen molar-refractivity contribution in [2.75, 3.05) is 19.0 Å². The fourth-order valence-corrected chi connectivity index (χ4v) is 2.27. The number of likely N-dealkylation sites (tertiary alicyclic amines) is 1. The summed E-state index contributed by atoms with van der Waals surface area (Å²) in [4.78, 5) is 12.7. The molecule has 1 fully saturated rings. The topological polar surface area (TPSA) is 20.3 Å². The van der Waals surface area contributed by atoms with Crippen LogP contribution in [0.25, 0.3) is 0 Å². The Morgan fingerprint density at radius 2 is 2.12 bits per heavy atom. The Morgan fingerprint density at radius 3 is 2.69 bits per heavy atom. The Kier molecular flexibility index (Phi) is 4.89. The van der Waals surface area contributed by atoms with E-state index in [2.05, 4.69) is 0 Å². The van der Waals surface area contributed by atoms with Crippen molar-refractivity contribution in [1.82, 2.24) is 4.90 Å². The Bertz CT molecular complexity index is 243. The zero-order valence-corrected chi connectivity index (χ0v) is 9.65. The van der Waals surface area contributed by atoms with Crippen LogP contribution in [0.5, 0.6) is 0 Å². The van der Waals surface area contributed by atoms with Crippen LogP contribution in [0, 0.1) is 5.92 Å². The van der Waals surface area contributed by atoms with Crippen molar-refractivity contribution < 1.29 is 18.0 Å². The molecule has 6 heteroatoms. The smallest absolute Gasteiger partial charge is 0.342 e. The van der Waals surface area contributed by atoms with Gasteiger partial charge in [0.15, 0.2) is 0 Å². The number of amides is 1. The van der Waals surface area contributed by atoms with E-state index in [-0.39, 0.29) is 5.92 Å². The van der Waals surface area contributed by atoms with Crippen LogP contribution < -0.4 is 0 Å². The van der Waals surface area contributed by atoms with Gasteiger partial charge in [-0.1, -0.05) is 0 Å². The number of carbonyl (C=O) groups excluding carboxylic acids is 1. The van der Waals surface area contributed by atoms with Gasteiger partial charge < -0.3 is 4.90 Å². The molecule has 1 heterocycles. The Hall–Kier alpha value is -0.450. The van der Waals surface area contributed by atoms with Crippen molar-refractivity contribution in [2.45, 2.75) is 31.9 Å². The second kappa shape index (κ2) is 5.75. The summed E-state index contributed by atoms with van der Waals surface area (Å²) in [5.41, 5.74) is 0. The van der Waals surface area contributed by atoms with E-state index in [0.29, 0.717) is 19.0 Å². The minimum absolute atomic E-state index is 0.253. The molecule has 0 radical (unpaired) electrons. The van der Waals surface area contributed by atoms with Crippen molar-refractivity contribution in [2.24, 2.45) is 5.92 Å². The van der Waals surface area contributed by atoms with Gasteiger partial charge in [0.1, 0.15) is 6.42 Å². The van der Waals surface area contributed by atoms with Crippen LogP contribution in [0.1, 0.15) is 25.7 Å². The van der Waals surface area contributed by atoms with Crippen molar-refractivity contribution in [3.8, 4) is 0 Å². The third kappa shape index (κ3) is 4.60. The number of nitrogens with zero attached hydrogens (tertiary/aromatic N) is 1. The highest BCUT2D eigenvalue weighted by Crippen LogP contribution is 2.24. The fourth-order valence-electron chi connectivity index (χ4n) is 1.96. The zero-order valence-electron chi connectivity index (χ0n) is 8.89. The number of carbonyl (C=O) groups is 1. The molecule has 0 aromatic heterocycles. The number of piperidine rings is 1. The van der Waals surface area contributed by atoms with E-state index >= 15 is 0 Å². The molecule has 1 aliphatic rings. The maximum Gasteiger partial charge on any atom is 0.397 e. The van der Waals surface area contributed by atoms with Crippen molar-refractivity contribution in [1.29, 1.82) is 0 Å². The van der Waals surface area contributed by atoms with Crippen LogP contribution in [-0.4, -0.2) is 36.0 Å². The van der Waals surface area contributed by atoms with Gasteiger partial charge in [0, 0.05) is 19.0 Å². The zero-order chi connectivity index (χ0) is 12.2. The average Bonchev–Trinajstić information content (AvgIpc) is 2.16. The lowest BCUT2D eigenvalue weighted by Crippen LogP contribution is -2.41. The molecule has 0 aromatic carbocycles. The molecule has 0 saturated carbocycles. The third-order valence-corrected chi connectivity index (χ3v) is 2.96. The van der Waals surface area contributed by atoms with E-state index in [1.165, 1.54) is 4.90 Å². The van der Waals surface area contributed by atoms with Gasteiger partial charge in [-0.05, 0) is 25.2 Å². The molecule has 16 heavy (non-hydrogen) atoms. The highest BCUT2D eigenvalue weighted by molar-refractivity contribution is 6.17. The van der Waals surface area contributed by atoms with Crippen molar-refractivity contribution in [3.63, 3.8) is 0 Å². The van der Waals surface area contributed by atoms with Gasteiger partial charge in [-0.25, -0.2) is 0 Å². The normalized spacial score (nSPS) is 22.2. The molecule has 1 rings (SSSR count). The lowest BCUT2D eigenvalue weighted by molar-refractivity contribution is -0.162. The van der Waals surface area contributed by atoms with Gasteiger partial charge in [-0.3, -0.25) is 4.79 Å². The molecular weight excluding hydrogens is 243 g/mol. The number of rotatable bonds is 3. The lowest BCUT2D eigenvalue weighted by Gasteiger charge is -2.32. The Balaban J connectivity index is 2.44. The average molecular weight is 258 g/mol. The summed E-state index contributed by atoms with van der Waals surface area (Å²) in [6, 6.07) is 0. The third-order valence-electron chi connectivity index (χ3n) is 2.74. The van der Waals surface area contributed by atoms with E-state index in [1.54, 1.807) is 0 Å². The molecule has 0 bridgehead atoms. The highest BCUT2D eigenvalue weighted by Gasteiger charge is 2.34. The molecule has 1 saturated heterocycles. The summed E-state index contributed by atoms with van der Waals surface area (Å²) >= 11 is 5.59. The SMILES string of the molecule is O=C(CC(F)(F)F)N1CCCC(CCCl)C1. The predicted octanol–water partition coefficient (Wildman–Crippen LogP) is 2.81. The second-order valence-electron chi connectivity index (χ2n) is 4.12. The number of halogens is 4. The first-order chi connectivity index (χ1) is 7.42. The molecule has 1 unspecified atom stereocenters. The molecule has 1 atom stereocenters. The first-order valence-electron chi connectivity index (χ1n) is 5.33. The Morgan fingerprint density at radius 1 is 1.44 bits per heavy atom. The summed E-state index contributed by atoms with van der Waals surface area (Å²) in [7, 11) is 0. The van der Waals surface area contributed by atoms with Gasteiger partial charge >= 0.3 is 6.18 Å². The standard InChI is InChI=1S/C10H15ClF3NO/c11-4-3-8-2-1-5-15(7-8)9(16)6-10(12,13)14/h8H,1-7H2. The van der Waals surface area contributed by atoms with E-state index in [4.69, 9.17) is 11.6 Å². The number of hydrogen-bond donors (Lipinski definition) is 0. The van der Waals surface area contributed by atoms with E-state index in [9.17, 15) is 18.0 Å². The minimum atomic E-state index is -4.41. The van der Waals surface area contributed by atoms with Gasteiger partial charge in [0.2, 0.25) is 5.91 Å². The van der Waals surface area contributed by atoms with Gasteiger partial charge in [-0.2, -0.15) is 13.2 Å². The van der Waals surface area contributed by atoms with Gasteiger partial charge in [0.25, 0.3) is 0 Å². The molecule has 0 aromatic rings. The summed E-state index contributed by atoms with van der Waals surface area (Å²) in [5.74, 6) is -0.0680. The maximum absolute atomic E-state index is 12.0. The molecule has 1 amide bonds. The maximum atomic E-state index is 12.0. The first kappa shape index (κ1) is 13.6. The first-order valence-corrected chi connectivity index (χ1v) is 5.86. The summed E-state index contributed by atoms with van der Waals surface area (Å²) < 4.78 is 36.1. The van der Waals surface area contributed by atoms with Crippen LogP contribution in [0.4, 0.5) is 13.2 Å². The summed E-state index contributed by atoms with van der Waals surface area (Å²) in [6.07, 6.45) is -3.28. The van der Waals surface area contributed by atoms with Crippen LogP contribution in [0.15, 0.2) is 0 Å². The van der Waals surface area contributed by atoms with Crippen molar-refractivity contribution in [3.05, 3.63) is 0 Å². The van der Waals surface area contributed by atoms with E-state index in [1.807, 2.05) is 0 Å². The molecule has 0 aliphatic carbocycles. The number of hydrogen-bond acceptors (Lipinski definition) is 1. The Labute approximate surface area is 97.7 Å². The van der Waals surface area contributed by atoms with E-state index in [0.717, 1.165) is 19.3 Å². The summed E-state index contributed by atoms with van der Waals surface area (Å²) in [5, 5.41) is 0. The summed E-state index contributed by atoms with van der Waals surface area (Å²) in [6.45, 7) is 0.856. The van der Waals surface area contributed by atoms with E-state index < -0.39 is 18.5 Å². The molecular formula is C10H15ClF3NO. The fraction of sp³-hybridized carbons (Fsp3) is 0.900. The van der Waals surface area contributed by atoms with Crippen LogP contribution in [-0.2, 0) is 4.79 Å². The molecule has 2 nitrogen and oxygen atoms in total. The molecule has 0 spiro atoms. The molecule has 0 N–H and O–H groups in total. The van der Waals surface area contributed by atoms with Gasteiger partial charge in [0.05, 0.1) is 0 Å². The monoisotopic (exact) mass is 257 g/mol. The van der Waals surface area contributed by atoms with Crippen molar-refractivity contribution >= 4 is 17.5 Å². The van der Waals surface area contributed by atoms with Gasteiger partial charge in [-0.15, -0.1) is 11.6 Å². The van der Waals surface area contributed by atoms with Crippen LogP contribution in [0.2, 0.25) is 0 Å². The predicted molar refractivity (Wildman–Crippen MR) is 55.3 cm³/mol. The molecule has 94 valence electrons. The molecule has 1 aliphatic heterocycles. The highest BCUT2D eigenvalue weighted by atomic mass is 35.5. The van der Waals surface area contributed by atoms with Crippen LogP contribution in [0.3, 0.4) is 0 Å².